The minimum absolute atomic E-state index is 0.0367. The van der Waals surface area contributed by atoms with Crippen LogP contribution in [0.1, 0.15) is 115 Å². The van der Waals surface area contributed by atoms with Crippen molar-refractivity contribution in [2.75, 3.05) is 0 Å². The number of aryl methyl sites for hydroxylation is 2. The van der Waals surface area contributed by atoms with Crippen LogP contribution in [0.4, 0.5) is 0 Å². The summed E-state index contributed by atoms with van der Waals surface area (Å²) >= 11 is 0. The molecule has 274 valence electrons. The molecule has 0 unspecified atom stereocenters. The van der Waals surface area contributed by atoms with Gasteiger partial charge in [0.25, 0.3) is 0 Å². The van der Waals surface area contributed by atoms with E-state index < -0.39 is 5.97 Å². The second-order valence-corrected chi connectivity index (χ2v) is 14.2. The Kier molecular flexibility index (Phi) is 11.0. The van der Waals surface area contributed by atoms with Crippen molar-refractivity contribution < 1.29 is 15.0 Å². The van der Waals surface area contributed by atoms with Crippen molar-refractivity contribution in [3.05, 3.63) is 124 Å². The smallest absolute Gasteiger partial charge is 0.335 e. The minimum atomic E-state index is -0.953. The van der Waals surface area contributed by atoms with E-state index in [9.17, 15) is 15.0 Å². The molecular formula is C47H48N4O3. The predicted molar refractivity (Wildman–Crippen MR) is 224 cm³/mol. The molecule has 0 saturated heterocycles. The Hall–Kier alpha value is -5.95. The van der Waals surface area contributed by atoms with E-state index in [2.05, 4.69) is 79.0 Å². The Balaban J connectivity index is 1.55. The van der Waals surface area contributed by atoms with E-state index in [1.54, 1.807) is 12.1 Å². The zero-order valence-electron chi connectivity index (χ0n) is 31.2. The highest BCUT2D eigenvalue weighted by Gasteiger charge is 2.18. The molecule has 7 heteroatoms. The number of fused-ring (bicyclic) bond motifs is 8. The number of aromatic amines is 2. The van der Waals surface area contributed by atoms with Crippen molar-refractivity contribution in [3.63, 3.8) is 0 Å². The van der Waals surface area contributed by atoms with Gasteiger partial charge in [0.15, 0.2) is 0 Å². The molecule has 0 spiro atoms. The number of rotatable bonds is 14. The second-order valence-electron chi connectivity index (χ2n) is 14.2. The number of benzene rings is 2. The fourth-order valence-corrected chi connectivity index (χ4v) is 7.52. The summed E-state index contributed by atoms with van der Waals surface area (Å²) in [5, 5.41) is 19.7. The number of aliphatic hydroxyl groups is 1. The lowest BCUT2D eigenvalue weighted by atomic mass is 10.0. The number of carbonyl (C=O) groups is 1. The Morgan fingerprint density at radius 2 is 0.944 bits per heavy atom. The van der Waals surface area contributed by atoms with Gasteiger partial charge >= 0.3 is 5.97 Å². The van der Waals surface area contributed by atoms with E-state index in [-0.39, 0.29) is 11.3 Å². The van der Waals surface area contributed by atoms with Crippen LogP contribution in [-0.4, -0.2) is 36.1 Å². The quantitative estimate of drug-likeness (QED) is 0.0660. The highest BCUT2D eigenvalue weighted by Crippen LogP contribution is 2.35. The summed E-state index contributed by atoms with van der Waals surface area (Å²) < 4.78 is 0. The van der Waals surface area contributed by atoms with Crippen molar-refractivity contribution in [1.82, 2.24) is 19.9 Å². The van der Waals surface area contributed by atoms with Gasteiger partial charge in [-0.05, 0) is 97.5 Å². The molecule has 0 radical (unpaired) electrons. The van der Waals surface area contributed by atoms with Gasteiger partial charge in [0.2, 0.25) is 0 Å². The van der Waals surface area contributed by atoms with Crippen molar-refractivity contribution >= 4 is 58.1 Å². The maximum absolute atomic E-state index is 11.8. The molecule has 2 aliphatic heterocycles. The van der Waals surface area contributed by atoms with E-state index in [0.29, 0.717) is 5.56 Å². The number of aliphatic hydroxyl groups excluding tert-OH is 1. The maximum atomic E-state index is 11.8. The zero-order chi connectivity index (χ0) is 37.6. The second kappa shape index (κ2) is 16.4. The van der Waals surface area contributed by atoms with Crippen LogP contribution in [0.5, 0.6) is 0 Å². The average molecular weight is 717 g/mol. The van der Waals surface area contributed by atoms with E-state index in [4.69, 9.17) is 9.97 Å². The molecule has 0 saturated carbocycles. The van der Waals surface area contributed by atoms with Gasteiger partial charge in [0, 0.05) is 49.9 Å². The number of H-pyrrole nitrogens is 2. The van der Waals surface area contributed by atoms with Crippen molar-refractivity contribution in [2.24, 2.45) is 0 Å². The molecule has 8 bridgehead atoms. The van der Waals surface area contributed by atoms with Crippen LogP contribution in [0.15, 0.2) is 79.4 Å². The van der Waals surface area contributed by atoms with Crippen LogP contribution in [0, 0.1) is 0 Å². The Morgan fingerprint density at radius 3 is 1.35 bits per heavy atom. The van der Waals surface area contributed by atoms with E-state index in [0.717, 1.165) is 130 Å². The Bertz CT molecular complexity index is 2240. The minimum Gasteiger partial charge on any atom is -0.508 e. The molecule has 5 aromatic rings. The normalized spacial score (nSPS) is 12.0. The number of hydrogen-bond donors (Lipinski definition) is 4. The monoisotopic (exact) mass is 716 g/mol. The first-order valence-corrected chi connectivity index (χ1v) is 19.3. The van der Waals surface area contributed by atoms with Gasteiger partial charge in [-0.2, -0.15) is 0 Å². The Labute approximate surface area is 316 Å². The van der Waals surface area contributed by atoms with Crippen LogP contribution >= 0.6 is 0 Å². The molecule has 4 N–H and O–H groups in total. The van der Waals surface area contributed by atoms with Crippen LogP contribution in [0.2, 0.25) is 0 Å². The molecule has 0 aliphatic carbocycles. The van der Waals surface area contributed by atoms with E-state index in [1.807, 2.05) is 36.4 Å². The lowest BCUT2D eigenvalue weighted by Crippen LogP contribution is -1.96. The molecule has 7 rings (SSSR count). The number of carboxylic acid groups (broad SMARTS) is 1. The summed E-state index contributed by atoms with van der Waals surface area (Å²) in [7, 11) is 0. The number of nitrogens with zero attached hydrogens (tertiary/aromatic N) is 2. The van der Waals surface area contributed by atoms with E-state index in [1.165, 1.54) is 12.8 Å². The third-order valence-electron chi connectivity index (χ3n) is 10.5. The fraction of sp³-hybridized carbons (Fsp3) is 0.255. The van der Waals surface area contributed by atoms with Gasteiger partial charge < -0.3 is 20.2 Å². The molecule has 7 nitrogen and oxygen atoms in total. The molecule has 0 atom stereocenters. The van der Waals surface area contributed by atoms with Crippen LogP contribution in [-0.2, 0) is 12.8 Å². The largest absolute Gasteiger partial charge is 0.508 e. The van der Waals surface area contributed by atoms with Gasteiger partial charge in [-0.25, -0.2) is 14.8 Å². The molecule has 0 amide bonds. The summed E-state index contributed by atoms with van der Waals surface area (Å²) in [5.41, 5.74) is 14.4. The lowest BCUT2D eigenvalue weighted by Gasteiger charge is -2.07. The zero-order valence-corrected chi connectivity index (χ0v) is 31.2. The van der Waals surface area contributed by atoms with Crippen LogP contribution in [0.25, 0.3) is 74.4 Å². The summed E-state index contributed by atoms with van der Waals surface area (Å²) in [6.45, 7) is 8.17. The third-order valence-corrected chi connectivity index (χ3v) is 10.5. The van der Waals surface area contributed by atoms with Gasteiger partial charge in [-0.3, -0.25) is 0 Å². The molecule has 2 aromatic carbocycles. The lowest BCUT2D eigenvalue weighted by molar-refractivity contribution is 0.0697. The van der Waals surface area contributed by atoms with Gasteiger partial charge in [-0.1, -0.05) is 95.3 Å². The molecule has 3 aromatic heterocycles. The SMILES string of the molecule is C=C(O)c1ccc(-c2c3nc(c(CCCCCC)c4ccc([nH]4)c(-c4ccc(C(=O)O)cc4)c4nc(c(CCCCCC)c5ccc2[nH]5)C=C4)C=C3)cc1. The average Bonchev–Trinajstić information content (AvgIpc) is 4.02. The number of carboxylic acids is 1. The van der Waals surface area contributed by atoms with Crippen LogP contribution < -0.4 is 0 Å². The first kappa shape index (κ1) is 36.4. The van der Waals surface area contributed by atoms with Crippen molar-refractivity contribution in [3.8, 4) is 22.3 Å². The molecular weight excluding hydrogens is 669 g/mol. The highest BCUT2D eigenvalue weighted by atomic mass is 16.4. The molecule has 2 aliphatic rings. The third kappa shape index (κ3) is 7.72. The maximum Gasteiger partial charge on any atom is 0.335 e. The predicted octanol–water partition coefficient (Wildman–Crippen LogP) is 12.5. The van der Waals surface area contributed by atoms with E-state index >= 15 is 0 Å². The topological polar surface area (TPSA) is 115 Å². The summed E-state index contributed by atoms with van der Waals surface area (Å²) in [4.78, 5) is 30.0. The molecule has 0 fully saturated rings. The van der Waals surface area contributed by atoms with Crippen molar-refractivity contribution in [2.45, 2.75) is 78.1 Å². The number of hydrogen-bond acceptors (Lipinski definition) is 4. The number of nitrogens with one attached hydrogen (secondary N) is 2. The fourth-order valence-electron chi connectivity index (χ4n) is 7.52. The summed E-state index contributed by atoms with van der Waals surface area (Å²) in [6, 6.07) is 23.4. The van der Waals surface area contributed by atoms with Gasteiger partial charge in [0.05, 0.1) is 28.3 Å². The molecule has 54 heavy (non-hydrogen) atoms. The number of aromatic nitrogens is 4. The first-order valence-electron chi connectivity index (χ1n) is 19.3. The Morgan fingerprint density at radius 1 is 0.537 bits per heavy atom. The highest BCUT2D eigenvalue weighted by molar-refractivity contribution is 5.95. The van der Waals surface area contributed by atoms with Crippen molar-refractivity contribution in [1.29, 1.82) is 0 Å². The number of unbranched alkanes of at least 4 members (excludes halogenated alkanes) is 6. The number of aromatic carboxylic acids is 1. The first-order chi connectivity index (χ1) is 26.3. The van der Waals surface area contributed by atoms with Gasteiger partial charge in [-0.15, -0.1) is 0 Å². The standard InChI is InChI=1S/C47H48N4O3/c1-4-6-8-10-12-35-37-22-26-41(48-37)45(32-16-14-31(15-17-32)30(3)52)42-27-23-38(49-42)36(13-11-9-7-5-2)40-25-29-44(51-40)46(43-28-24-39(35)50-43)33-18-20-34(21-19-33)47(53)54/h14-29,48,51-52H,3-13H2,1-2H3,(H,53,54). The summed E-state index contributed by atoms with van der Waals surface area (Å²) in [5.74, 6) is -0.917. The van der Waals surface area contributed by atoms with Gasteiger partial charge in [0.1, 0.15) is 5.76 Å². The summed E-state index contributed by atoms with van der Waals surface area (Å²) in [6.07, 6.45) is 19.2. The van der Waals surface area contributed by atoms with Crippen LogP contribution in [0.3, 0.4) is 0 Å². The molecule has 5 heterocycles.